The van der Waals surface area contributed by atoms with Gasteiger partial charge in [-0.25, -0.2) is 0 Å². The van der Waals surface area contributed by atoms with Gasteiger partial charge in [0.05, 0.1) is 23.8 Å². The third kappa shape index (κ3) is 3.10. The van der Waals surface area contributed by atoms with Crippen LogP contribution in [0.15, 0.2) is 38.6 Å². The molecule has 0 radical (unpaired) electrons. The van der Waals surface area contributed by atoms with Crippen LogP contribution in [0, 0.1) is 0 Å². The fourth-order valence-corrected chi connectivity index (χ4v) is 3.04. The Labute approximate surface area is 124 Å². The number of halogens is 3. The van der Waals surface area contributed by atoms with Crippen molar-refractivity contribution in [3.8, 4) is 0 Å². The lowest BCUT2D eigenvalue weighted by Gasteiger charge is -2.06. The second kappa shape index (κ2) is 5.52. The summed E-state index contributed by atoms with van der Waals surface area (Å²) in [5, 5.41) is 3.36. The quantitative estimate of drug-likeness (QED) is 0.746. The van der Waals surface area contributed by atoms with Crippen LogP contribution in [0.4, 0.5) is 5.69 Å². The van der Waals surface area contributed by atoms with E-state index < -0.39 is 0 Å². The Morgan fingerprint density at radius 3 is 2.65 bits per heavy atom. The number of hydrogen-bond donors (Lipinski definition) is 1. The molecule has 1 aromatic carbocycles. The smallest absolute Gasteiger partial charge is 0.265 e. The molecule has 0 atom stereocenters. The number of hydrogen-bond acceptors (Lipinski definition) is 2. The van der Waals surface area contributed by atoms with Crippen molar-refractivity contribution in [2.75, 3.05) is 5.32 Å². The second-order valence-electron chi connectivity index (χ2n) is 3.16. The van der Waals surface area contributed by atoms with Gasteiger partial charge in [0, 0.05) is 0 Å². The van der Waals surface area contributed by atoms with Crippen LogP contribution in [0.3, 0.4) is 0 Å². The van der Waals surface area contributed by atoms with Gasteiger partial charge in [-0.1, -0.05) is 17.7 Å². The van der Waals surface area contributed by atoms with Crippen LogP contribution in [0.2, 0.25) is 5.02 Å². The van der Waals surface area contributed by atoms with E-state index in [4.69, 9.17) is 11.6 Å². The van der Waals surface area contributed by atoms with Crippen LogP contribution in [-0.2, 0) is 0 Å². The van der Waals surface area contributed by atoms with Crippen molar-refractivity contribution in [2.45, 2.75) is 0 Å². The van der Waals surface area contributed by atoms with Gasteiger partial charge in [-0.05, 0) is 56.1 Å². The summed E-state index contributed by atoms with van der Waals surface area (Å²) in [6.07, 6.45) is 0. The molecule has 0 unspecified atom stereocenters. The minimum atomic E-state index is -0.149. The Bertz CT molecular complexity index is 570. The summed E-state index contributed by atoms with van der Waals surface area (Å²) in [6.45, 7) is 0. The third-order valence-electron chi connectivity index (χ3n) is 2.00. The molecule has 0 saturated carbocycles. The summed E-state index contributed by atoms with van der Waals surface area (Å²) >= 11 is 14.0. The van der Waals surface area contributed by atoms with E-state index in [1.807, 2.05) is 6.07 Å². The van der Waals surface area contributed by atoms with Gasteiger partial charge in [-0.2, -0.15) is 0 Å². The van der Waals surface area contributed by atoms with Crippen molar-refractivity contribution in [2.24, 2.45) is 0 Å². The van der Waals surface area contributed by atoms with Gasteiger partial charge < -0.3 is 5.32 Å². The monoisotopic (exact) mass is 393 g/mol. The van der Waals surface area contributed by atoms with Crippen molar-refractivity contribution in [1.82, 2.24) is 0 Å². The second-order valence-corrected chi connectivity index (χ2v) is 6.82. The normalized spacial score (nSPS) is 10.3. The van der Waals surface area contributed by atoms with Crippen molar-refractivity contribution < 1.29 is 4.79 Å². The standard InChI is InChI=1S/C11H6Br2ClNOS/c12-9-5-4-8(17-9)11(16)15-7-3-1-2-6(14)10(7)13/h1-5H,(H,15,16). The molecule has 1 amide bonds. The molecule has 0 aliphatic carbocycles. The number of rotatable bonds is 2. The average Bonchev–Trinajstić information content (AvgIpc) is 2.72. The van der Waals surface area contributed by atoms with Gasteiger partial charge in [0.15, 0.2) is 0 Å². The Morgan fingerprint density at radius 1 is 1.24 bits per heavy atom. The van der Waals surface area contributed by atoms with Crippen LogP contribution >= 0.6 is 54.8 Å². The molecule has 0 saturated heterocycles. The number of benzene rings is 1. The van der Waals surface area contributed by atoms with E-state index in [1.165, 1.54) is 11.3 Å². The molecule has 2 rings (SSSR count). The lowest BCUT2D eigenvalue weighted by atomic mass is 10.3. The zero-order chi connectivity index (χ0) is 12.4. The highest BCUT2D eigenvalue weighted by Gasteiger charge is 2.11. The predicted molar refractivity (Wildman–Crippen MR) is 79.1 cm³/mol. The summed E-state index contributed by atoms with van der Waals surface area (Å²) in [4.78, 5) is 12.5. The van der Waals surface area contributed by atoms with Gasteiger partial charge in [-0.15, -0.1) is 11.3 Å². The number of amides is 1. The maximum absolute atomic E-state index is 11.9. The highest BCUT2D eigenvalue weighted by molar-refractivity contribution is 9.11. The first kappa shape index (κ1) is 13.1. The molecule has 0 fully saturated rings. The van der Waals surface area contributed by atoms with Crippen molar-refractivity contribution in [3.05, 3.63) is 48.5 Å². The maximum atomic E-state index is 11.9. The fraction of sp³-hybridized carbons (Fsp3) is 0. The van der Waals surface area contributed by atoms with Gasteiger partial charge >= 0.3 is 0 Å². The summed E-state index contributed by atoms with van der Waals surface area (Å²) < 4.78 is 1.61. The van der Waals surface area contributed by atoms with E-state index in [0.29, 0.717) is 20.1 Å². The van der Waals surface area contributed by atoms with Gasteiger partial charge in [-0.3, -0.25) is 4.79 Å². The molecule has 0 spiro atoms. The van der Waals surface area contributed by atoms with E-state index in [2.05, 4.69) is 37.2 Å². The van der Waals surface area contributed by atoms with Gasteiger partial charge in [0.2, 0.25) is 0 Å². The van der Waals surface area contributed by atoms with Crippen molar-refractivity contribution in [1.29, 1.82) is 0 Å². The number of thiophene rings is 1. The Hall–Kier alpha value is -0.360. The fourth-order valence-electron chi connectivity index (χ4n) is 1.22. The highest BCUT2D eigenvalue weighted by Crippen LogP contribution is 2.31. The van der Waals surface area contributed by atoms with Gasteiger partial charge in [0.1, 0.15) is 0 Å². The largest absolute Gasteiger partial charge is 0.320 e. The van der Waals surface area contributed by atoms with Crippen LogP contribution in [0.5, 0.6) is 0 Å². The molecule has 6 heteroatoms. The summed E-state index contributed by atoms with van der Waals surface area (Å²) in [5.74, 6) is -0.149. The highest BCUT2D eigenvalue weighted by atomic mass is 79.9. The maximum Gasteiger partial charge on any atom is 0.265 e. The SMILES string of the molecule is O=C(Nc1cccc(Cl)c1Br)c1ccc(Br)s1. The molecular formula is C11H6Br2ClNOS. The lowest BCUT2D eigenvalue weighted by Crippen LogP contribution is -2.10. The van der Waals surface area contributed by atoms with Crippen molar-refractivity contribution >= 4 is 66.4 Å². The zero-order valence-electron chi connectivity index (χ0n) is 8.34. The molecule has 0 aliphatic rings. The first-order chi connectivity index (χ1) is 8.08. The molecule has 1 heterocycles. The van der Waals surface area contributed by atoms with E-state index >= 15 is 0 Å². The number of nitrogens with one attached hydrogen (secondary N) is 1. The number of carbonyl (C=O) groups is 1. The Balaban J connectivity index is 2.21. The van der Waals surface area contributed by atoms with E-state index in [0.717, 1.165) is 3.79 Å². The molecule has 88 valence electrons. The van der Waals surface area contributed by atoms with Crippen molar-refractivity contribution in [3.63, 3.8) is 0 Å². The van der Waals surface area contributed by atoms with Gasteiger partial charge in [0.25, 0.3) is 5.91 Å². The third-order valence-corrected chi connectivity index (χ3v) is 5.02. The Kier molecular flexibility index (Phi) is 4.25. The molecular weight excluding hydrogens is 389 g/mol. The molecule has 0 bridgehead atoms. The summed E-state index contributed by atoms with van der Waals surface area (Å²) in [7, 11) is 0. The topological polar surface area (TPSA) is 29.1 Å². The molecule has 0 aliphatic heterocycles. The van der Waals surface area contributed by atoms with Crippen LogP contribution < -0.4 is 5.32 Å². The van der Waals surface area contributed by atoms with E-state index in [9.17, 15) is 4.79 Å². The van der Waals surface area contributed by atoms with E-state index in [1.54, 1.807) is 24.3 Å². The van der Waals surface area contributed by atoms with Crippen LogP contribution in [0.1, 0.15) is 9.67 Å². The molecule has 17 heavy (non-hydrogen) atoms. The minimum absolute atomic E-state index is 0.149. The summed E-state index contributed by atoms with van der Waals surface area (Å²) in [6, 6.07) is 8.93. The lowest BCUT2D eigenvalue weighted by molar-refractivity contribution is 0.103. The molecule has 1 aromatic heterocycles. The molecule has 1 N–H and O–H groups in total. The van der Waals surface area contributed by atoms with Crippen LogP contribution in [0.25, 0.3) is 0 Å². The first-order valence-corrected chi connectivity index (χ1v) is 7.36. The predicted octanol–water partition coefficient (Wildman–Crippen LogP) is 5.18. The minimum Gasteiger partial charge on any atom is -0.320 e. The number of carbonyl (C=O) groups excluding carboxylic acids is 1. The number of anilines is 1. The first-order valence-electron chi connectivity index (χ1n) is 4.58. The average molecular weight is 396 g/mol. The molecule has 2 aromatic rings. The van der Waals surface area contributed by atoms with E-state index in [-0.39, 0.29) is 5.91 Å². The Morgan fingerprint density at radius 2 is 2.00 bits per heavy atom. The summed E-state index contributed by atoms with van der Waals surface area (Å²) in [5.41, 5.74) is 0.659. The molecule has 2 nitrogen and oxygen atoms in total. The zero-order valence-corrected chi connectivity index (χ0v) is 13.1. The van der Waals surface area contributed by atoms with Crippen LogP contribution in [-0.4, -0.2) is 5.91 Å².